The molecule has 0 aliphatic heterocycles. The van der Waals surface area contributed by atoms with Gasteiger partial charge in [0.1, 0.15) is 23.4 Å². The molecule has 0 aromatic heterocycles. The first-order valence-electron chi connectivity index (χ1n) is 12.6. The van der Waals surface area contributed by atoms with Crippen LogP contribution in [0.25, 0.3) is 0 Å². The van der Waals surface area contributed by atoms with E-state index in [0.29, 0.717) is 17.5 Å². The van der Waals surface area contributed by atoms with Gasteiger partial charge in [-0.1, -0.05) is 26.3 Å². The molecule has 1 aromatic rings. The van der Waals surface area contributed by atoms with Gasteiger partial charge in [-0.15, -0.1) is 0 Å². The maximum Gasteiger partial charge on any atom is 0.408 e. The van der Waals surface area contributed by atoms with Gasteiger partial charge in [0.15, 0.2) is 0 Å². The molecule has 0 aliphatic rings. The third-order valence-electron chi connectivity index (χ3n) is 6.08. The number of thiol groups is 1. The van der Waals surface area contributed by atoms with Gasteiger partial charge in [0.25, 0.3) is 0 Å². The van der Waals surface area contributed by atoms with Gasteiger partial charge in [-0.3, -0.25) is 9.59 Å². The average Bonchev–Trinajstić information content (AvgIpc) is 2.75. The molecule has 8 nitrogen and oxygen atoms in total. The van der Waals surface area contributed by atoms with Crippen LogP contribution in [-0.2, 0) is 14.3 Å². The number of alkyl carbamates (subject to hydrolysis) is 1. The van der Waals surface area contributed by atoms with Crippen LogP contribution in [0.4, 0.5) is 4.79 Å². The van der Waals surface area contributed by atoms with Gasteiger partial charge in [0, 0.05) is 17.3 Å². The number of phenols is 1. The zero-order valence-electron chi connectivity index (χ0n) is 23.3. The normalized spacial score (nSPS) is 14.4. The molecule has 0 saturated heterocycles. The van der Waals surface area contributed by atoms with E-state index in [9.17, 15) is 19.5 Å². The lowest BCUT2D eigenvalue weighted by molar-refractivity contribution is -0.149. The number of benzene rings is 1. The SMILES string of the molecule is CCCC(C)NC(=O)C(c1ccc(O)c(C)c1)N(C(=O)C(CS)NC(=O)OC(C)(C)C)C(C)(C)CC. The third-order valence-corrected chi connectivity index (χ3v) is 6.45. The van der Waals surface area contributed by atoms with Crippen molar-refractivity contribution in [2.45, 2.75) is 111 Å². The van der Waals surface area contributed by atoms with Gasteiger partial charge in [0.2, 0.25) is 11.8 Å². The molecular weight excluding hydrogens is 478 g/mol. The monoisotopic (exact) mass is 523 g/mol. The summed E-state index contributed by atoms with van der Waals surface area (Å²) in [6, 6.07) is 2.79. The Labute approximate surface area is 222 Å². The van der Waals surface area contributed by atoms with Crippen molar-refractivity contribution in [2.75, 3.05) is 5.75 Å². The molecule has 3 amide bonds. The van der Waals surface area contributed by atoms with Crippen LogP contribution in [0.3, 0.4) is 0 Å². The van der Waals surface area contributed by atoms with Crippen LogP contribution in [0.5, 0.6) is 5.75 Å². The Morgan fingerprint density at radius 3 is 2.19 bits per heavy atom. The van der Waals surface area contributed by atoms with Gasteiger partial charge in [0.05, 0.1) is 0 Å². The molecule has 204 valence electrons. The highest BCUT2D eigenvalue weighted by atomic mass is 32.1. The lowest BCUT2D eigenvalue weighted by Gasteiger charge is -2.44. The molecule has 9 heteroatoms. The van der Waals surface area contributed by atoms with Crippen LogP contribution in [-0.4, -0.2) is 56.9 Å². The van der Waals surface area contributed by atoms with Gasteiger partial charge < -0.3 is 25.4 Å². The fourth-order valence-electron chi connectivity index (χ4n) is 3.84. The van der Waals surface area contributed by atoms with Crippen LogP contribution in [0.1, 0.15) is 91.8 Å². The first-order chi connectivity index (χ1) is 16.6. The minimum Gasteiger partial charge on any atom is -0.508 e. The smallest absolute Gasteiger partial charge is 0.408 e. The number of aromatic hydroxyl groups is 1. The van der Waals surface area contributed by atoms with Crippen molar-refractivity contribution in [3.8, 4) is 5.75 Å². The van der Waals surface area contributed by atoms with E-state index in [0.717, 1.165) is 12.8 Å². The number of aryl methyl sites for hydroxylation is 1. The number of phenolic OH excluding ortho intramolecular Hbond substituents is 1. The molecule has 3 N–H and O–H groups in total. The average molecular weight is 524 g/mol. The molecule has 0 fully saturated rings. The van der Waals surface area contributed by atoms with Crippen LogP contribution in [0.15, 0.2) is 18.2 Å². The highest BCUT2D eigenvalue weighted by Gasteiger charge is 2.43. The van der Waals surface area contributed by atoms with Gasteiger partial charge >= 0.3 is 6.09 Å². The number of carbonyl (C=O) groups is 3. The lowest BCUT2D eigenvalue weighted by Crippen LogP contribution is -2.60. The number of carbonyl (C=O) groups excluding carboxylic acids is 3. The van der Waals surface area contributed by atoms with Crippen LogP contribution in [0.2, 0.25) is 0 Å². The van der Waals surface area contributed by atoms with E-state index in [1.54, 1.807) is 39.8 Å². The van der Waals surface area contributed by atoms with Crippen molar-refractivity contribution in [3.63, 3.8) is 0 Å². The molecule has 1 rings (SSSR count). The van der Waals surface area contributed by atoms with Gasteiger partial charge in [-0.25, -0.2) is 4.79 Å². The molecule has 0 saturated carbocycles. The van der Waals surface area contributed by atoms with E-state index in [2.05, 4.69) is 23.3 Å². The fraction of sp³-hybridized carbons (Fsp3) is 0.667. The van der Waals surface area contributed by atoms with E-state index in [-0.39, 0.29) is 23.5 Å². The second-order valence-corrected chi connectivity index (χ2v) is 11.3. The Balaban J connectivity index is 3.60. The first-order valence-corrected chi connectivity index (χ1v) is 13.2. The number of hydrogen-bond acceptors (Lipinski definition) is 6. The molecular formula is C27H45N3O5S. The molecule has 3 unspecified atom stereocenters. The Hall–Kier alpha value is -2.42. The van der Waals surface area contributed by atoms with Crippen molar-refractivity contribution >= 4 is 30.5 Å². The molecule has 0 spiro atoms. The highest BCUT2D eigenvalue weighted by Crippen LogP contribution is 2.34. The lowest BCUT2D eigenvalue weighted by atomic mass is 9.91. The summed E-state index contributed by atoms with van der Waals surface area (Å²) in [5, 5.41) is 15.8. The molecule has 0 heterocycles. The zero-order chi connectivity index (χ0) is 27.8. The maximum absolute atomic E-state index is 14.0. The van der Waals surface area contributed by atoms with Gasteiger partial charge in [-0.05, 0) is 84.6 Å². The fourth-order valence-corrected chi connectivity index (χ4v) is 4.09. The van der Waals surface area contributed by atoms with E-state index < -0.39 is 35.2 Å². The molecule has 36 heavy (non-hydrogen) atoms. The number of amides is 3. The van der Waals surface area contributed by atoms with Crippen molar-refractivity contribution in [3.05, 3.63) is 29.3 Å². The Morgan fingerprint density at radius 1 is 1.11 bits per heavy atom. The van der Waals surface area contributed by atoms with Crippen molar-refractivity contribution in [1.29, 1.82) is 0 Å². The summed E-state index contributed by atoms with van der Waals surface area (Å²) in [4.78, 5) is 41.8. The van der Waals surface area contributed by atoms with E-state index in [1.165, 1.54) is 11.0 Å². The van der Waals surface area contributed by atoms with Crippen LogP contribution >= 0.6 is 12.6 Å². The Kier molecular flexibility index (Phi) is 11.6. The van der Waals surface area contributed by atoms with Gasteiger partial charge in [-0.2, -0.15) is 12.6 Å². The minimum atomic E-state index is -1.02. The number of ether oxygens (including phenoxy) is 1. The maximum atomic E-state index is 14.0. The molecule has 0 radical (unpaired) electrons. The topological polar surface area (TPSA) is 108 Å². The predicted molar refractivity (Wildman–Crippen MR) is 146 cm³/mol. The summed E-state index contributed by atoms with van der Waals surface area (Å²) in [5.41, 5.74) is -0.337. The number of nitrogens with one attached hydrogen (secondary N) is 2. The molecule has 0 bridgehead atoms. The molecule has 1 aromatic carbocycles. The Morgan fingerprint density at radius 2 is 1.72 bits per heavy atom. The third kappa shape index (κ3) is 8.91. The van der Waals surface area contributed by atoms with Crippen molar-refractivity contribution in [2.24, 2.45) is 0 Å². The quantitative estimate of drug-likeness (QED) is 0.309. The Bertz CT molecular complexity index is 913. The van der Waals surface area contributed by atoms with E-state index >= 15 is 0 Å². The van der Waals surface area contributed by atoms with Crippen molar-refractivity contribution in [1.82, 2.24) is 15.5 Å². The van der Waals surface area contributed by atoms with Crippen LogP contribution in [0, 0.1) is 6.92 Å². The minimum absolute atomic E-state index is 0.0174. The van der Waals surface area contributed by atoms with E-state index in [4.69, 9.17) is 4.74 Å². The highest BCUT2D eigenvalue weighted by molar-refractivity contribution is 7.80. The largest absolute Gasteiger partial charge is 0.508 e. The number of hydrogen-bond donors (Lipinski definition) is 4. The predicted octanol–water partition coefficient (Wildman–Crippen LogP) is 4.89. The number of rotatable bonds is 11. The number of nitrogens with zero attached hydrogens (tertiary/aromatic N) is 1. The second-order valence-electron chi connectivity index (χ2n) is 10.9. The first kappa shape index (κ1) is 31.6. The standard InChI is InChI=1S/C27H45N3O5S/c1-10-12-18(4)28-23(32)22(19-13-14-21(31)17(3)15-19)30(27(8,9)11-2)24(33)20(16-36)29-25(34)35-26(5,6)7/h13-15,18,20,22,31,36H,10-12,16H2,1-9H3,(H,28,32)(H,29,34). The summed E-state index contributed by atoms with van der Waals surface area (Å²) < 4.78 is 5.35. The molecule has 3 atom stereocenters. The van der Waals surface area contributed by atoms with Crippen molar-refractivity contribution < 1.29 is 24.2 Å². The molecule has 0 aliphatic carbocycles. The van der Waals surface area contributed by atoms with E-state index in [1.807, 2.05) is 34.6 Å². The van der Waals surface area contributed by atoms with Crippen LogP contribution < -0.4 is 10.6 Å². The summed E-state index contributed by atoms with van der Waals surface area (Å²) >= 11 is 4.33. The summed E-state index contributed by atoms with van der Waals surface area (Å²) in [7, 11) is 0. The summed E-state index contributed by atoms with van der Waals surface area (Å²) in [6.45, 7) is 16.6. The summed E-state index contributed by atoms with van der Waals surface area (Å²) in [6.07, 6.45) is 1.50. The summed E-state index contributed by atoms with van der Waals surface area (Å²) in [5.74, 6) is -0.656. The second kappa shape index (κ2) is 13.2. The zero-order valence-corrected chi connectivity index (χ0v) is 24.2.